The predicted molar refractivity (Wildman–Crippen MR) is 91.9 cm³/mol. The first-order valence-electron chi connectivity index (χ1n) is 7.45. The lowest BCUT2D eigenvalue weighted by Gasteiger charge is -2.06. The van der Waals surface area contributed by atoms with Crippen LogP contribution in [0.4, 0.5) is 0 Å². The van der Waals surface area contributed by atoms with Gasteiger partial charge < -0.3 is 4.42 Å². The van der Waals surface area contributed by atoms with Gasteiger partial charge in [0, 0.05) is 31.0 Å². The summed E-state index contributed by atoms with van der Waals surface area (Å²) in [5.41, 5.74) is 1.71. The molecule has 0 aliphatic heterocycles. The van der Waals surface area contributed by atoms with Crippen LogP contribution in [0.5, 0.6) is 0 Å². The fourth-order valence-electron chi connectivity index (χ4n) is 2.43. The molecule has 9 heteroatoms. The highest BCUT2D eigenvalue weighted by molar-refractivity contribution is 7.89. The maximum atomic E-state index is 12.4. The minimum absolute atomic E-state index is 0.0708. The summed E-state index contributed by atoms with van der Waals surface area (Å²) in [7, 11) is -3.67. The van der Waals surface area contributed by atoms with Gasteiger partial charge in [-0.3, -0.25) is 4.57 Å². The molecule has 0 fully saturated rings. The Bertz CT molecular complexity index is 1030. The van der Waals surface area contributed by atoms with Crippen molar-refractivity contribution in [2.24, 2.45) is 0 Å². The molecule has 1 N–H and O–H groups in total. The zero-order valence-corrected chi connectivity index (χ0v) is 14.9. The summed E-state index contributed by atoms with van der Waals surface area (Å²) in [6.45, 7) is 4.44. The lowest BCUT2D eigenvalue weighted by molar-refractivity contribution is 0.512. The number of nitrogens with zero attached hydrogens (tertiary/aromatic N) is 2. The van der Waals surface area contributed by atoms with E-state index in [2.05, 4.69) is 9.71 Å². The Morgan fingerprint density at radius 1 is 1.38 bits per heavy atom. The number of aromatic nitrogens is 2. The smallest absolute Gasteiger partial charge is 0.408 e. The Kier molecular flexibility index (Phi) is 4.57. The highest BCUT2D eigenvalue weighted by Gasteiger charge is 2.17. The summed E-state index contributed by atoms with van der Waals surface area (Å²) in [5, 5.41) is 2.87. The van der Waals surface area contributed by atoms with E-state index in [1.54, 1.807) is 6.07 Å². The van der Waals surface area contributed by atoms with Crippen molar-refractivity contribution in [2.75, 3.05) is 6.54 Å². The third kappa shape index (κ3) is 3.28. The average molecular weight is 367 g/mol. The number of nitrogens with one attached hydrogen (secondary N) is 1. The highest BCUT2D eigenvalue weighted by atomic mass is 32.2. The van der Waals surface area contributed by atoms with Gasteiger partial charge in [0.25, 0.3) is 0 Å². The van der Waals surface area contributed by atoms with Crippen LogP contribution >= 0.6 is 11.3 Å². The van der Waals surface area contributed by atoms with Crippen molar-refractivity contribution in [3.8, 4) is 0 Å². The minimum atomic E-state index is -3.67. The Labute approximate surface area is 143 Å². The predicted octanol–water partition coefficient (Wildman–Crippen LogP) is 1.90. The first kappa shape index (κ1) is 16.9. The molecule has 0 aliphatic rings. The lowest BCUT2D eigenvalue weighted by atomic mass is 10.3. The molecule has 0 aliphatic carbocycles. The van der Waals surface area contributed by atoms with E-state index in [4.69, 9.17) is 4.42 Å². The van der Waals surface area contributed by atoms with E-state index >= 15 is 0 Å². The summed E-state index contributed by atoms with van der Waals surface area (Å²) in [6, 6.07) is 4.43. The molecule has 24 heavy (non-hydrogen) atoms. The van der Waals surface area contributed by atoms with Gasteiger partial charge in [0.2, 0.25) is 10.0 Å². The molecule has 2 aromatic heterocycles. The third-order valence-corrected chi connectivity index (χ3v) is 5.89. The quantitative estimate of drug-likeness (QED) is 0.718. The van der Waals surface area contributed by atoms with Gasteiger partial charge in [-0.2, -0.15) is 0 Å². The number of benzene rings is 1. The number of sulfonamides is 1. The Morgan fingerprint density at radius 2 is 2.17 bits per heavy atom. The van der Waals surface area contributed by atoms with Crippen LogP contribution in [0.1, 0.15) is 17.6 Å². The molecule has 0 unspecified atom stereocenters. The van der Waals surface area contributed by atoms with E-state index in [0.29, 0.717) is 18.5 Å². The van der Waals surface area contributed by atoms with Gasteiger partial charge in [0.15, 0.2) is 5.58 Å². The van der Waals surface area contributed by atoms with Crippen LogP contribution in [0.25, 0.3) is 11.1 Å². The van der Waals surface area contributed by atoms with Crippen molar-refractivity contribution < 1.29 is 12.8 Å². The molecule has 2 heterocycles. The van der Waals surface area contributed by atoms with E-state index in [1.165, 1.54) is 28.0 Å². The zero-order chi connectivity index (χ0) is 17.3. The van der Waals surface area contributed by atoms with E-state index in [-0.39, 0.29) is 17.0 Å². The van der Waals surface area contributed by atoms with Gasteiger partial charge in [0.1, 0.15) is 0 Å². The summed E-state index contributed by atoms with van der Waals surface area (Å²) in [4.78, 5) is 16.1. The second-order valence-corrected chi connectivity index (χ2v) is 8.08. The fourth-order valence-corrected chi connectivity index (χ4v) is 4.13. The topological polar surface area (TPSA) is 94.2 Å². The summed E-state index contributed by atoms with van der Waals surface area (Å²) < 4.78 is 33.9. The second-order valence-electron chi connectivity index (χ2n) is 5.25. The number of hydrogen-bond acceptors (Lipinski definition) is 6. The summed E-state index contributed by atoms with van der Waals surface area (Å²) >= 11 is 1.53. The Morgan fingerprint density at radius 3 is 2.83 bits per heavy atom. The second kappa shape index (κ2) is 6.50. The van der Waals surface area contributed by atoms with E-state index in [0.717, 1.165) is 10.7 Å². The molecule has 0 radical (unpaired) electrons. The van der Waals surface area contributed by atoms with Gasteiger partial charge >= 0.3 is 5.76 Å². The molecule has 1 aromatic carbocycles. The van der Waals surface area contributed by atoms with Crippen LogP contribution in [0, 0.1) is 6.92 Å². The normalized spacial score (nSPS) is 12.1. The fraction of sp³-hybridized carbons (Fsp3) is 0.333. The number of oxazole rings is 1. The van der Waals surface area contributed by atoms with Crippen LogP contribution in [-0.2, 0) is 23.0 Å². The van der Waals surface area contributed by atoms with E-state index in [9.17, 15) is 13.2 Å². The number of rotatable bonds is 6. The first-order valence-corrected chi connectivity index (χ1v) is 9.81. The monoisotopic (exact) mass is 367 g/mol. The Balaban J connectivity index is 1.79. The van der Waals surface area contributed by atoms with Gasteiger partial charge in [-0.15, -0.1) is 11.3 Å². The number of hydrogen-bond donors (Lipinski definition) is 1. The largest absolute Gasteiger partial charge is 0.419 e. The first-order chi connectivity index (χ1) is 11.4. The molecule has 0 saturated heterocycles. The summed E-state index contributed by atoms with van der Waals surface area (Å²) in [5.74, 6) is -0.492. The molecule has 128 valence electrons. The molecule has 0 bridgehead atoms. The van der Waals surface area contributed by atoms with Crippen LogP contribution in [0.3, 0.4) is 0 Å². The number of fused-ring (bicyclic) bond motifs is 1. The van der Waals surface area contributed by atoms with Crippen LogP contribution in [0.2, 0.25) is 0 Å². The van der Waals surface area contributed by atoms with Crippen LogP contribution in [0.15, 0.2) is 37.7 Å². The van der Waals surface area contributed by atoms with Crippen molar-refractivity contribution in [1.29, 1.82) is 0 Å². The highest BCUT2D eigenvalue weighted by Crippen LogP contribution is 2.18. The van der Waals surface area contributed by atoms with E-state index in [1.807, 2.05) is 19.2 Å². The standard InChI is InChI=1S/C15H17N3O4S2/c1-3-18-13-5-4-12(8-14(13)22-15(18)19)24(20,21)16-7-6-11-9-23-10(2)17-11/h4-5,8-9,16H,3,6-7H2,1-2H3. The SMILES string of the molecule is CCn1c(=O)oc2cc(S(=O)(=O)NCCc3csc(C)n3)ccc21. The lowest BCUT2D eigenvalue weighted by Crippen LogP contribution is -2.26. The van der Waals surface area contributed by atoms with Crippen molar-refractivity contribution in [3.05, 3.63) is 44.8 Å². The molecule has 7 nitrogen and oxygen atoms in total. The number of thiazole rings is 1. The number of aryl methyl sites for hydroxylation is 2. The molecule has 0 amide bonds. The maximum absolute atomic E-state index is 12.4. The summed E-state index contributed by atoms with van der Waals surface area (Å²) in [6.07, 6.45) is 0.521. The molecular formula is C15H17N3O4S2. The van der Waals surface area contributed by atoms with Gasteiger partial charge in [-0.05, 0) is 26.0 Å². The molecule has 3 rings (SSSR count). The van der Waals surface area contributed by atoms with Gasteiger partial charge in [-0.25, -0.2) is 22.9 Å². The van der Waals surface area contributed by atoms with Gasteiger partial charge in [0.05, 0.1) is 21.1 Å². The maximum Gasteiger partial charge on any atom is 0.419 e. The molecule has 0 spiro atoms. The minimum Gasteiger partial charge on any atom is -0.408 e. The van der Waals surface area contributed by atoms with Crippen molar-refractivity contribution >= 4 is 32.5 Å². The van der Waals surface area contributed by atoms with Crippen molar-refractivity contribution in [1.82, 2.24) is 14.3 Å². The van der Waals surface area contributed by atoms with Crippen molar-refractivity contribution in [2.45, 2.75) is 31.7 Å². The van der Waals surface area contributed by atoms with Crippen molar-refractivity contribution in [3.63, 3.8) is 0 Å². The Hall–Kier alpha value is -1.97. The van der Waals surface area contributed by atoms with Crippen LogP contribution < -0.4 is 10.5 Å². The van der Waals surface area contributed by atoms with E-state index < -0.39 is 15.8 Å². The molecule has 3 aromatic rings. The zero-order valence-electron chi connectivity index (χ0n) is 13.3. The van der Waals surface area contributed by atoms with Gasteiger partial charge in [-0.1, -0.05) is 0 Å². The van der Waals surface area contributed by atoms with Crippen LogP contribution in [-0.4, -0.2) is 24.5 Å². The average Bonchev–Trinajstić information content (AvgIpc) is 3.08. The third-order valence-electron chi connectivity index (χ3n) is 3.61. The molecule has 0 saturated carbocycles. The molecule has 0 atom stereocenters. The molecular weight excluding hydrogens is 350 g/mol.